The van der Waals surface area contributed by atoms with E-state index in [2.05, 4.69) is 10.6 Å². The lowest BCUT2D eigenvalue weighted by atomic mass is 10.2. The summed E-state index contributed by atoms with van der Waals surface area (Å²) in [7, 11) is 0. The van der Waals surface area contributed by atoms with E-state index in [0.717, 1.165) is 4.90 Å². The summed E-state index contributed by atoms with van der Waals surface area (Å²) in [6, 6.07) is 5.91. The van der Waals surface area contributed by atoms with Gasteiger partial charge in [0, 0.05) is 5.69 Å². The number of thioether (sulfide) groups is 2. The zero-order valence-corrected chi connectivity index (χ0v) is 16.6. The SMILES string of the molecule is CCOC(=O)c1ccc(NC(=O)CN2C(=O)S[C@@H]([C@@H]3SC(=O)NC3=O)C2=O)cc1. The van der Waals surface area contributed by atoms with Gasteiger partial charge in [-0.1, -0.05) is 0 Å². The van der Waals surface area contributed by atoms with E-state index in [4.69, 9.17) is 4.74 Å². The average Bonchev–Trinajstić information content (AvgIpc) is 3.14. The van der Waals surface area contributed by atoms with Crippen molar-refractivity contribution in [1.82, 2.24) is 10.2 Å². The molecule has 0 bridgehead atoms. The van der Waals surface area contributed by atoms with Crippen molar-refractivity contribution in [3.8, 4) is 0 Å². The normalized spacial score (nSPS) is 21.3. The number of anilines is 1. The molecule has 0 aromatic heterocycles. The minimum Gasteiger partial charge on any atom is -0.462 e. The van der Waals surface area contributed by atoms with Crippen molar-refractivity contribution in [2.24, 2.45) is 0 Å². The third-order valence-electron chi connectivity index (χ3n) is 3.93. The van der Waals surface area contributed by atoms with E-state index in [1.54, 1.807) is 6.92 Å². The molecular formula is C17H15N3O7S2. The van der Waals surface area contributed by atoms with Crippen LogP contribution in [0.15, 0.2) is 24.3 Å². The molecular weight excluding hydrogens is 422 g/mol. The Morgan fingerprint density at radius 3 is 2.38 bits per heavy atom. The number of rotatable bonds is 6. The van der Waals surface area contributed by atoms with Crippen LogP contribution >= 0.6 is 23.5 Å². The molecule has 2 N–H and O–H groups in total. The lowest BCUT2D eigenvalue weighted by Gasteiger charge is -2.15. The first-order valence-corrected chi connectivity index (χ1v) is 10.2. The van der Waals surface area contributed by atoms with E-state index in [1.807, 2.05) is 0 Å². The lowest BCUT2D eigenvalue weighted by Crippen LogP contribution is -2.42. The van der Waals surface area contributed by atoms with Crippen LogP contribution in [0.25, 0.3) is 0 Å². The highest BCUT2D eigenvalue weighted by Gasteiger charge is 2.50. The van der Waals surface area contributed by atoms with E-state index < -0.39 is 51.2 Å². The van der Waals surface area contributed by atoms with Gasteiger partial charge in [0.2, 0.25) is 17.7 Å². The number of ether oxygens (including phenoxy) is 1. The first kappa shape index (κ1) is 20.9. The molecule has 2 atom stereocenters. The Hall–Kier alpha value is -2.86. The number of amides is 5. The van der Waals surface area contributed by atoms with Gasteiger partial charge < -0.3 is 10.1 Å². The highest BCUT2D eigenvalue weighted by molar-refractivity contribution is 8.19. The van der Waals surface area contributed by atoms with Gasteiger partial charge in [-0.25, -0.2) is 4.79 Å². The molecule has 12 heteroatoms. The summed E-state index contributed by atoms with van der Waals surface area (Å²) in [5.41, 5.74) is 0.679. The summed E-state index contributed by atoms with van der Waals surface area (Å²) in [5.74, 6) is -2.45. The molecule has 0 saturated carbocycles. The molecule has 2 aliphatic heterocycles. The summed E-state index contributed by atoms with van der Waals surface area (Å²) in [6.45, 7) is 1.39. The van der Waals surface area contributed by atoms with Gasteiger partial charge in [0.1, 0.15) is 17.0 Å². The Balaban J connectivity index is 1.59. The van der Waals surface area contributed by atoms with Gasteiger partial charge >= 0.3 is 5.97 Å². The third kappa shape index (κ3) is 4.59. The predicted molar refractivity (Wildman–Crippen MR) is 104 cm³/mol. The third-order valence-corrected chi connectivity index (χ3v) is 6.31. The van der Waals surface area contributed by atoms with Crippen LogP contribution in [0.5, 0.6) is 0 Å². The van der Waals surface area contributed by atoms with Crippen molar-refractivity contribution in [2.75, 3.05) is 18.5 Å². The smallest absolute Gasteiger partial charge is 0.338 e. The van der Waals surface area contributed by atoms with Gasteiger partial charge in [-0.15, -0.1) is 0 Å². The molecule has 2 saturated heterocycles. The number of nitrogens with one attached hydrogen (secondary N) is 2. The molecule has 1 aromatic carbocycles. The van der Waals surface area contributed by atoms with Crippen LogP contribution in [0.2, 0.25) is 0 Å². The molecule has 2 aliphatic rings. The van der Waals surface area contributed by atoms with Crippen molar-refractivity contribution in [3.05, 3.63) is 29.8 Å². The largest absolute Gasteiger partial charge is 0.462 e. The summed E-state index contributed by atoms with van der Waals surface area (Å²) in [6.07, 6.45) is 0. The average molecular weight is 437 g/mol. The predicted octanol–water partition coefficient (Wildman–Crippen LogP) is 1.22. The first-order chi connectivity index (χ1) is 13.8. The molecule has 2 fully saturated rings. The number of nitrogens with zero attached hydrogens (tertiary/aromatic N) is 1. The van der Waals surface area contributed by atoms with E-state index in [0.29, 0.717) is 34.8 Å². The van der Waals surface area contributed by atoms with E-state index in [-0.39, 0.29) is 6.61 Å². The van der Waals surface area contributed by atoms with E-state index >= 15 is 0 Å². The summed E-state index contributed by atoms with van der Waals surface area (Å²) < 4.78 is 4.87. The molecule has 3 rings (SSSR count). The van der Waals surface area contributed by atoms with Crippen LogP contribution in [0.1, 0.15) is 17.3 Å². The second-order valence-electron chi connectivity index (χ2n) is 5.89. The second kappa shape index (κ2) is 8.66. The Kier molecular flexibility index (Phi) is 6.23. The number of carbonyl (C=O) groups excluding carboxylic acids is 6. The van der Waals surface area contributed by atoms with Crippen molar-refractivity contribution in [1.29, 1.82) is 0 Å². The molecule has 0 spiro atoms. The molecule has 10 nitrogen and oxygen atoms in total. The van der Waals surface area contributed by atoms with Gasteiger partial charge in [0.25, 0.3) is 10.5 Å². The second-order valence-corrected chi connectivity index (χ2v) is 8.10. The molecule has 2 heterocycles. The lowest BCUT2D eigenvalue weighted by molar-refractivity contribution is -0.131. The molecule has 1 aromatic rings. The minimum atomic E-state index is -1.06. The first-order valence-electron chi connectivity index (χ1n) is 8.40. The fraction of sp³-hybridized carbons (Fsp3) is 0.294. The Labute approximate surface area is 173 Å². The van der Waals surface area contributed by atoms with Gasteiger partial charge in [-0.3, -0.25) is 34.2 Å². The van der Waals surface area contributed by atoms with Gasteiger partial charge in [0.15, 0.2) is 0 Å². The monoisotopic (exact) mass is 437 g/mol. The number of imide groups is 2. The van der Waals surface area contributed by atoms with Crippen molar-refractivity contribution in [3.63, 3.8) is 0 Å². The van der Waals surface area contributed by atoms with Crippen LogP contribution < -0.4 is 10.6 Å². The highest BCUT2D eigenvalue weighted by Crippen LogP contribution is 2.36. The molecule has 5 amide bonds. The number of benzene rings is 1. The van der Waals surface area contributed by atoms with Crippen LogP contribution in [0.3, 0.4) is 0 Å². The Morgan fingerprint density at radius 1 is 1.10 bits per heavy atom. The van der Waals surface area contributed by atoms with Crippen molar-refractivity contribution >= 4 is 63.4 Å². The molecule has 0 radical (unpaired) electrons. The van der Waals surface area contributed by atoms with Crippen LogP contribution in [0.4, 0.5) is 15.3 Å². The number of hydrogen-bond acceptors (Lipinski definition) is 9. The van der Waals surface area contributed by atoms with Gasteiger partial charge in [-0.2, -0.15) is 0 Å². The van der Waals surface area contributed by atoms with E-state index in [9.17, 15) is 28.8 Å². The van der Waals surface area contributed by atoms with E-state index in [1.165, 1.54) is 24.3 Å². The highest BCUT2D eigenvalue weighted by atomic mass is 32.2. The number of hydrogen-bond donors (Lipinski definition) is 2. The molecule has 0 aliphatic carbocycles. The number of esters is 1. The molecule has 152 valence electrons. The van der Waals surface area contributed by atoms with Gasteiger partial charge in [0.05, 0.1) is 12.2 Å². The van der Waals surface area contributed by atoms with Crippen LogP contribution in [-0.2, 0) is 19.1 Å². The van der Waals surface area contributed by atoms with Crippen molar-refractivity contribution < 1.29 is 33.5 Å². The fourth-order valence-electron chi connectivity index (χ4n) is 2.62. The standard InChI is InChI=1S/C17H15N3O7S2/c1-2-27-15(24)8-3-5-9(6-4-8)18-10(21)7-20-14(23)12(29-17(20)26)11-13(22)19-16(25)28-11/h3-6,11-12H,2,7H2,1H3,(H,18,21)(H,19,22,25)/t11-,12-/m0/s1. The minimum absolute atomic E-state index is 0.239. The van der Waals surface area contributed by atoms with Crippen LogP contribution in [0, 0.1) is 0 Å². The maximum absolute atomic E-state index is 12.5. The topological polar surface area (TPSA) is 139 Å². The molecule has 29 heavy (non-hydrogen) atoms. The summed E-state index contributed by atoms with van der Waals surface area (Å²) in [4.78, 5) is 72.2. The maximum Gasteiger partial charge on any atom is 0.338 e. The maximum atomic E-state index is 12.5. The van der Waals surface area contributed by atoms with Gasteiger partial charge in [-0.05, 0) is 54.7 Å². The Bertz CT molecular complexity index is 903. The zero-order valence-electron chi connectivity index (χ0n) is 15.0. The molecule has 0 unspecified atom stereocenters. The fourth-order valence-corrected chi connectivity index (χ4v) is 4.72. The van der Waals surface area contributed by atoms with Crippen LogP contribution in [-0.4, -0.2) is 62.7 Å². The summed E-state index contributed by atoms with van der Waals surface area (Å²) >= 11 is 1.26. The zero-order chi connectivity index (χ0) is 21.1. The Morgan fingerprint density at radius 2 is 1.79 bits per heavy atom. The van der Waals surface area contributed by atoms with Crippen molar-refractivity contribution in [2.45, 2.75) is 17.4 Å². The quantitative estimate of drug-likeness (QED) is 0.629. The number of carbonyl (C=O) groups is 6. The summed E-state index contributed by atoms with van der Waals surface area (Å²) in [5, 5.41) is 1.28.